The van der Waals surface area contributed by atoms with Crippen molar-refractivity contribution in [3.05, 3.63) is 12.2 Å². The van der Waals surface area contributed by atoms with Crippen LogP contribution in [-0.2, 0) is 13.1 Å². The van der Waals surface area contributed by atoms with Crippen molar-refractivity contribution in [1.82, 2.24) is 25.0 Å². The maximum absolute atomic E-state index is 4.39. The van der Waals surface area contributed by atoms with Gasteiger partial charge in [0.25, 0.3) is 0 Å². The monoisotopic (exact) mass is 251 g/mol. The molecule has 1 saturated heterocycles. The van der Waals surface area contributed by atoms with Gasteiger partial charge in [-0.3, -0.25) is 4.90 Å². The molecule has 0 amide bonds. The molecule has 1 N–H and O–H groups in total. The Bertz CT molecular complexity index is 362. The van der Waals surface area contributed by atoms with Crippen LogP contribution in [0.4, 0.5) is 0 Å². The van der Waals surface area contributed by atoms with Crippen LogP contribution in [0, 0.1) is 5.92 Å². The van der Waals surface area contributed by atoms with E-state index in [0.29, 0.717) is 12.0 Å². The van der Waals surface area contributed by atoms with Gasteiger partial charge in [-0.25, -0.2) is 9.67 Å². The van der Waals surface area contributed by atoms with Crippen LogP contribution in [-0.4, -0.2) is 45.8 Å². The lowest BCUT2D eigenvalue weighted by molar-refractivity contribution is 0.140. The van der Waals surface area contributed by atoms with E-state index in [1.807, 2.05) is 4.68 Å². The molecule has 1 aliphatic heterocycles. The molecule has 0 aromatic carbocycles. The number of aromatic nitrogens is 3. The average molecular weight is 251 g/mol. The van der Waals surface area contributed by atoms with Crippen LogP contribution in [0.2, 0.25) is 0 Å². The zero-order valence-corrected chi connectivity index (χ0v) is 11.8. The van der Waals surface area contributed by atoms with Crippen LogP contribution in [0.5, 0.6) is 0 Å². The van der Waals surface area contributed by atoms with Crippen molar-refractivity contribution in [2.24, 2.45) is 5.92 Å². The molecular formula is C13H25N5. The lowest BCUT2D eigenvalue weighted by Gasteiger charge is -2.36. The van der Waals surface area contributed by atoms with Crippen molar-refractivity contribution in [2.45, 2.75) is 45.8 Å². The van der Waals surface area contributed by atoms with Gasteiger partial charge in [0.2, 0.25) is 0 Å². The predicted molar refractivity (Wildman–Crippen MR) is 72.2 cm³/mol. The molecular weight excluding hydrogens is 226 g/mol. The topological polar surface area (TPSA) is 46.0 Å². The Labute approximate surface area is 110 Å². The highest BCUT2D eigenvalue weighted by Crippen LogP contribution is 2.18. The fourth-order valence-electron chi connectivity index (χ4n) is 2.81. The Morgan fingerprint density at radius 3 is 3.00 bits per heavy atom. The van der Waals surface area contributed by atoms with Crippen molar-refractivity contribution in [2.75, 3.05) is 20.1 Å². The molecule has 102 valence electrons. The van der Waals surface area contributed by atoms with Crippen LogP contribution in [0.3, 0.4) is 0 Å². The van der Waals surface area contributed by atoms with Crippen molar-refractivity contribution in [3.8, 4) is 0 Å². The minimum atomic E-state index is 0.662. The predicted octanol–water partition coefficient (Wildman–Crippen LogP) is 1.12. The Morgan fingerprint density at radius 2 is 2.33 bits per heavy atom. The zero-order valence-electron chi connectivity index (χ0n) is 11.8. The van der Waals surface area contributed by atoms with Gasteiger partial charge in [-0.05, 0) is 25.8 Å². The summed E-state index contributed by atoms with van der Waals surface area (Å²) < 4.78 is 2.04. The number of aryl methyl sites for hydroxylation is 1. The summed E-state index contributed by atoms with van der Waals surface area (Å²) >= 11 is 0. The highest BCUT2D eigenvalue weighted by molar-refractivity contribution is 4.88. The maximum Gasteiger partial charge on any atom is 0.141 e. The summed E-state index contributed by atoms with van der Waals surface area (Å²) in [4.78, 5) is 6.88. The number of likely N-dealkylation sites (tertiary alicyclic amines) is 1. The molecule has 2 rings (SSSR count). The number of rotatable bonds is 5. The number of nitrogens with zero attached hydrogens (tertiary/aromatic N) is 4. The number of piperidine rings is 1. The van der Waals surface area contributed by atoms with E-state index in [1.165, 1.54) is 6.42 Å². The molecule has 5 heteroatoms. The molecule has 18 heavy (non-hydrogen) atoms. The second-order valence-electron chi connectivity index (χ2n) is 5.30. The lowest BCUT2D eigenvalue weighted by Crippen LogP contribution is -2.47. The van der Waals surface area contributed by atoms with E-state index in [9.17, 15) is 0 Å². The number of hydrogen-bond acceptors (Lipinski definition) is 4. The van der Waals surface area contributed by atoms with Gasteiger partial charge in [0.1, 0.15) is 12.2 Å². The minimum Gasteiger partial charge on any atom is -0.317 e. The van der Waals surface area contributed by atoms with Gasteiger partial charge in [0, 0.05) is 25.7 Å². The highest BCUT2D eigenvalue weighted by atomic mass is 15.3. The largest absolute Gasteiger partial charge is 0.317 e. The first-order valence-electron chi connectivity index (χ1n) is 7.01. The normalized spacial score (nSPS) is 25.5. The summed E-state index contributed by atoms with van der Waals surface area (Å²) in [6.45, 7) is 8.69. The second kappa shape index (κ2) is 6.29. The molecule has 1 aromatic rings. The number of hydrogen-bond donors (Lipinski definition) is 1. The Balaban J connectivity index is 1.92. The summed E-state index contributed by atoms with van der Waals surface area (Å²) in [5, 5.41) is 7.69. The van der Waals surface area contributed by atoms with E-state index in [2.05, 4.69) is 41.2 Å². The van der Waals surface area contributed by atoms with E-state index < -0.39 is 0 Å². The van der Waals surface area contributed by atoms with Crippen LogP contribution >= 0.6 is 0 Å². The SMILES string of the molecule is CCCn1ncnc1CN1CCC(NC)C(C)C1. The van der Waals surface area contributed by atoms with Crippen LogP contribution in [0.1, 0.15) is 32.5 Å². The molecule has 0 spiro atoms. The Kier molecular flexibility index (Phi) is 4.72. The smallest absolute Gasteiger partial charge is 0.141 e. The molecule has 0 saturated carbocycles. The molecule has 1 fully saturated rings. The van der Waals surface area contributed by atoms with Gasteiger partial charge in [-0.15, -0.1) is 0 Å². The zero-order chi connectivity index (χ0) is 13.0. The van der Waals surface area contributed by atoms with Crippen LogP contribution in [0.15, 0.2) is 6.33 Å². The van der Waals surface area contributed by atoms with Gasteiger partial charge in [-0.2, -0.15) is 5.10 Å². The lowest BCUT2D eigenvalue weighted by atomic mass is 9.94. The van der Waals surface area contributed by atoms with Crippen molar-refractivity contribution in [1.29, 1.82) is 0 Å². The number of nitrogens with one attached hydrogen (secondary N) is 1. The second-order valence-corrected chi connectivity index (χ2v) is 5.30. The molecule has 1 aromatic heterocycles. The average Bonchev–Trinajstić information content (AvgIpc) is 2.78. The van der Waals surface area contributed by atoms with Gasteiger partial charge in [0.05, 0.1) is 6.54 Å². The van der Waals surface area contributed by atoms with Crippen molar-refractivity contribution < 1.29 is 0 Å². The minimum absolute atomic E-state index is 0.662. The highest BCUT2D eigenvalue weighted by Gasteiger charge is 2.25. The molecule has 0 aliphatic carbocycles. The quantitative estimate of drug-likeness (QED) is 0.852. The van der Waals surface area contributed by atoms with E-state index in [-0.39, 0.29) is 0 Å². The Morgan fingerprint density at radius 1 is 1.50 bits per heavy atom. The van der Waals surface area contributed by atoms with Crippen molar-refractivity contribution >= 4 is 0 Å². The molecule has 0 bridgehead atoms. The molecule has 1 aliphatic rings. The van der Waals surface area contributed by atoms with Gasteiger partial charge in [-0.1, -0.05) is 13.8 Å². The fraction of sp³-hybridized carbons (Fsp3) is 0.846. The van der Waals surface area contributed by atoms with Crippen LogP contribution in [0.25, 0.3) is 0 Å². The third-order valence-electron chi connectivity index (χ3n) is 3.86. The van der Waals surface area contributed by atoms with Crippen LogP contribution < -0.4 is 5.32 Å². The molecule has 0 radical (unpaired) electrons. The van der Waals surface area contributed by atoms with E-state index in [0.717, 1.165) is 38.4 Å². The summed E-state index contributed by atoms with van der Waals surface area (Å²) in [6, 6.07) is 0.662. The van der Waals surface area contributed by atoms with E-state index in [4.69, 9.17) is 0 Å². The summed E-state index contributed by atoms with van der Waals surface area (Å²) in [5.74, 6) is 1.80. The Hall–Kier alpha value is -0.940. The maximum atomic E-state index is 4.39. The molecule has 2 atom stereocenters. The molecule has 2 heterocycles. The van der Waals surface area contributed by atoms with E-state index >= 15 is 0 Å². The summed E-state index contributed by atoms with van der Waals surface area (Å²) in [5.41, 5.74) is 0. The third kappa shape index (κ3) is 3.09. The van der Waals surface area contributed by atoms with Gasteiger partial charge in [0.15, 0.2) is 0 Å². The first-order valence-corrected chi connectivity index (χ1v) is 7.01. The summed E-state index contributed by atoms with van der Waals surface area (Å²) in [7, 11) is 2.06. The fourth-order valence-corrected chi connectivity index (χ4v) is 2.81. The first-order chi connectivity index (χ1) is 8.74. The third-order valence-corrected chi connectivity index (χ3v) is 3.86. The molecule has 2 unspecified atom stereocenters. The van der Waals surface area contributed by atoms with Crippen molar-refractivity contribution in [3.63, 3.8) is 0 Å². The van der Waals surface area contributed by atoms with Gasteiger partial charge >= 0.3 is 0 Å². The first kappa shape index (κ1) is 13.5. The van der Waals surface area contributed by atoms with E-state index in [1.54, 1.807) is 6.33 Å². The molecule has 5 nitrogen and oxygen atoms in total. The summed E-state index contributed by atoms with van der Waals surface area (Å²) in [6.07, 6.45) is 4.00. The van der Waals surface area contributed by atoms with Gasteiger partial charge < -0.3 is 5.32 Å². The standard InChI is InChI=1S/C13H25N5/c1-4-6-18-13(15-10-16-18)9-17-7-5-12(14-3)11(2)8-17/h10-12,14H,4-9H2,1-3H3.